The van der Waals surface area contributed by atoms with Crippen LogP contribution in [0.15, 0.2) is 41.6 Å². The first-order chi connectivity index (χ1) is 11.8. The van der Waals surface area contributed by atoms with E-state index in [-0.39, 0.29) is 5.54 Å². The number of fused-ring (bicyclic) bond motifs is 1. The zero-order valence-electron chi connectivity index (χ0n) is 14.5. The molecule has 3 aromatic rings. The molecule has 0 aliphatic heterocycles. The highest BCUT2D eigenvalue weighted by Crippen LogP contribution is 2.18. The van der Waals surface area contributed by atoms with Crippen molar-refractivity contribution in [2.75, 3.05) is 12.5 Å². The number of ether oxygens (including phenoxy) is 1. The third kappa shape index (κ3) is 2.98. The summed E-state index contributed by atoms with van der Waals surface area (Å²) in [6.45, 7) is 5.91. The van der Waals surface area contributed by atoms with E-state index in [0.29, 0.717) is 22.3 Å². The van der Waals surface area contributed by atoms with E-state index in [1.165, 1.54) is 19.6 Å². The molecule has 2 aromatic heterocycles. The second kappa shape index (κ2) is 6.04. The molecule has 3 rings (SSSR count). The number of hydrogen-bond donors (Lipinski definition) is 1. The van der Waals surface area contributed by atoms with E-state index >= 15 is 0 Å². The first-order valence-corrected chi connectivity index (χ1v) is 7.73. The largest absolute Gasteiger partial charge is 0.496 e. The topological polar surface area (TPSA) is 91.0 Å². The molecule has 0 aliphatic carbocycles. The summed E-state index contributed by atoms with van der Waals surface area (Å²) in [5.41, 5.74) is 2.61. The summed E-state index contributed by atoms with van der Waals surface area (Å²) in [6, 6.07) is 6.76. The fraction of sp³-hybridized carbons (Fsp3) is 0.294. The SMILES string of the molecule is COc1ccccc1C(=O)Nn1cnc2c(cnn2C(C)(C)C)c1=O. The molecule has 0 bridgehead atoms. The Morgan fingerprint density at radius 3 is 2.64 bits per heavy atom. The minimum Gasteiger partial charge on any atom is -0.496 e. The minimum atomic E-state index is -0.469. The lowest BCUT2D eigenvalue weighted by Gasteiger charge is -2.19. The Labute approximate surface area is 144 Å². The highest BCUT2D eigenvalue weighted by Gasteiger charge is 2.20. The average Bonchev–Trinajstić information content (AvgIpc) is 3.02. The molecule has 1 N–H and O–H groups in total. The Kier molecular flexibility index (Phi) is 4.03. The number of amides is 1. The van der Waals surface area contributed by atoms with Gasteiger partial charge in [0.15, 0.2) is 5.65 Å². The molecule has 0 saturated carbocycles. The average molecular weight is 341 g/mol. The summed E-state index contributed by atoms with van der Waals surface area (Å²) in [4.78, 5) is 29.3. The van der Waals surface area contributed by atoms with Crippen molar-refractivity contribution in [2.24, 2.45) is 0 Å². The highest BCUT2D eigenvalue weighted by atomic mass is 16.5. The third-order valence-electron chi connectivity index (χ3n) is 3.70. The lowest BCUT2D eigenvalue weighted by atomic mass is 10.1. The Morgan fingerprint density at radius 1 is 1.24 bits per heavy atom. The molecular formula is C17H19N5O3. The molecule has 0 atom stereocenters. The van der Waals surface area contributed by atoms with Crippen molar-refractivity contribution in [3.05, 3.63) is 52.7 Å². The third-order valence-corrected chi connectivity index (χ3v) is 3.70. The standard InChI is InChI=1S/C17H19N5O3/c1-17(2,3)22-14-12(9-19-22)16(24)21(10-18-14)20-15(23)11-7-5-6-8-13(11)25-4/h5-10H,1-4H3,(H,20,23). The fourth-order valence-corrected chi connectivity index (χ4v) is 2.48. The summed E-state index contributed by atoms with van der Waals surface area (Å²) in [6.07, 6.45) is 2.74. The van der Waals surface area contributed by atoms with E-state index in [0.717, 1.165) is 4.68 Å². The van der Waals surface area contributed by atoms with Crippen LogP contribution in [-0.2, 0) is 5.54 Å². The van der Waals surface area contributed by atoms with Gasteiger partial charge in [-0.2, -0.15) is 5.10 Å². The summed E-state index contributed by atoms with van der Waals surface area (Å²) in [5, 5.41) is 4.57. The van der Waals surface area contributed by atoms with Crippen LogP contribution >= 0.6 is 0 Å². The van der Waals surface area contributed by atoms with Crippen LogP contribution in [0.5, 0.6) is 5.75 Å². The number of para-hydroxylation sites is 1. The van der Waals surface area contributed by atoms with Crippen molar-refractivity contribution in [1.29, 1.82) is 0 Å². The van der Waals surface area contributed by atoms with Crippen molar-refractivity contribution in [1.82, 2.24) is 19.4 Å². The van der Waals surface area contributed by atoms with Crippen molar-refractivity contribution < 1.29 is 9.53 Å². The normalized spacial score (nSPS) is 11.5. The zero-order chi connectivity index (χ0) is 18.2. The first kappa shape index (κ1) is 16.7. The molecule has 0 saturated heterocycles. The van der Waals surface area contributed by atoms with Gasteiger partial charge in [-0.25, -0.2) is 14.3 Å². The molecule has 0 aliphatic rings. The summed E-state index contributed by atoms with van der Waals surface area (Å²) in [5.74, 6) is -0.0495. The number of nitrogens with zero attached hydrogens (tertiary/aromatic N) is 4. The van der Waals surface area contributed by atoms with Gasteiger partial charge in [-0.1, -0.05) is 12.1 Å². The molecule has 1 aromatic carbocycles. The Bertz CT molecular complexity index is 997. The van der Waals surface area contributed by atoms with Crippen molar-refractivity contribution >= 4 is 16.9 Å². The number of carbonyl (C=O) groups excluding carboxylic acids is 1. The number of rotatable bonds is 3. The molecule has 0 radical (unpaired) electrons. The van der Waals surface area contributed by atoms with Gasteiger partial charge in [0.25, 0.3) is 11.5 Å². The van der Waals surface area contributed by atoms with Gasteiger partial charge in [-0.15, -0.1) is 0 Å². The smallest absolute Gasteiger partial charge is 0.283 e. The Hall–Kier alpha value is -3.16. The van der Waals surface area contributed by atoms with E-state index in [9.17, 15) is 9.59 Å². The van der Waals surface area contributed by atoms with Gasteiger partial charge < -0.3 is 4.74 Å². The molecule has 1 amide bonds. The van der Waals surface area contributed by atoms with E-state index < -0.39 is 11.5 Å². The van der Waals surface area contributed by atoms with Crippen LogP contribution in [0.2, 0.25) is 0 Å². The maximum atomic E-state index is 12.6. The maximum Gasteiger partial charge on any atom is 0.283 e. The van der Waals surface area contributed by atoms with Crippen LogP contribution in [0.1, 0.15) is 31.1 Å². The summed E-state index contributed by atoms with van der Waals surface area (Å²) in [7, 11) is 1.48. The minimum absolute atomic E-state index is 0.311. The molecule has 0 fully saturated rings. The van der Waals surface area contributed by atoms with E-state index in [4.69, 9.17) is 4.74 Å². The van der Waals surface area contributed by atoms with Gasteiger partial charge in [0.2, 0.25) is 0 Å². The Morgan fingerprint density at radius 2 is 1.96 bits per heavy atom. The molecule has 2 heterocycles. The van der Waals surface area contributed by atoms with Crippen LogP contribution < -0.4 is 15.7 Å². The second-order valence-electron chi connectivity index (χ2n) is 6.53. The van der Waals surface area contributed by atoms with E-state index in [2.05, 4.69) is 15.5 Å². The van der Waals surface area contributed by atoms with Gasteiger partial charge in [-0.05, 0) is 32.9 Å². The van der Waals surface area contributed by atoms with Crippen LogP contribution in [0.4, 0.5) is 0 Å². The molecule has 130 valence electrons. The van der Waals surface area contributed by atoms with Crippen molar-refractivity contribution in [2.45, 2.75) is 26.3 Å². The van der Waals surface area contributed by atoms with Crippen LogP contribution in [0, 0.1) is 0 Å². The molecule has 8 nitrogen and oxygen atoms in total. The summed E-state index contributed by atoms with van der Waals surface area (Å²) >= 11 is 0. The molecule has 0 unspecified atom stereocenters. The van der Waals surface area contributed by atoms with Gasteiger partial charge in [0.1, 0.15) is 17.5 Å². The number of aromatic nitrogens is 4. The second-order valence-corrected chi connectivity index (χ2v) is 6.53. The zero-order valence-corrected chi connectivity index (χ0v) is 14.5. The number of carbonyl (C=O) groups is 1. The first-order valence-electron chi connectivity index (χ1n) is 7.73. The number of methoxy groups -OCH3 is 1. The summed E-state index contributed by atoms with van der Waals surface area (Å²) < 4.78 is 7.89. The lowest BCUT2D eigenvalue weighted by Crippen LogP contribution is -2.33. The quantitative estimate of drug-likeness (QED) is 0.783. The number of benzene rings is 1. The van der Waals surface area contributed by atoms with Crippen LogP contribution in [0.3, 0.4) is 0 Å². The molecule has 8 heteroatoms. The highest BCUT2D eigenvalue weighted by molar-refractivity contribution is 6.02. The van der Waals surface area contributed by atoms with E-state index in [1.54, 1.807) is 28.9 Å². The maximum absolute atomic E-state index is 12.6. The van der Waals surface area contributed by atoms with Gasteiger partial charge >= 0.3 is 0 Å². The van der Waals surface area contributed by atoms with Gasteiger partial charge in [-0.3, -0.25) is 15.0 Å². The molecule has 0 spiro atoms. The van der Waals surface area contributed by atoms with Crippen molar-refractivity contribution in [3.8, 4) is 5.75 Å². The van der Waals surface area contributed by atoms with Crippen molar-refractivity contribution in [3.63, 3.8) is 0 Å². The Balaban J connectivity index is 1.99. The number of hydrogen-bond acceptors (Lipinski definition) is 5. The van der Waals surface area contributed by atoms with Gasteiger partial charge in [0, 0.05) is 0 Å². The molecule has 25 heavy (non-hydrogen) atoms. The van der Waals surface area contributed by atoms with E-state index in [1.807, 2.05) is 20.8 Å². The van der Waals surface area contributed by atoms with Crippen LogP contribution in [0.25, 0.3) is 11.0 Å². The number of nitrogens with one attached hydrogen (secondary N) is 1. The van der Waals surface area contributed by atoms with Gasteiger partial charge in [0.05, 0.1) is 24.4 Å². The lowest BCUT2D eigenvalue weighted by molar-refractivity contribution is 0.100. The monoisotopic (exact) mass is 341 g/mol. The predicted octanol–water partition coefficient (Wildman–Crippen LogP) is 1.74. The van der Waals surface area contributed by atoms with Crippen LogP contribution in [-0.4, -0.2) is 32.5 Å². The fourth-order valence-electron chi connectivity index (χ4n) is 2.48. The molecular weight excluding hydrogens is 322 g/mol. The predicted molar refractivity (Wildman–Crippen MR) is 93.5 cm³/mol.